The molecule has 3 rings (SSSR count). The van der Waals surface area contributed by atoms with Gasteiger partial charge in [0.1, 0.15) is 30.3 Å². The number of carbonyl (C=O) groups excluding carboxylic acids is 5. The molecular weight excluding hydrogens is 703 g/mol. The Morgan fingerprint density at radius 2 is 1.51 bits per heavy atom. The molecular formula is C38H51N5O9S. The van der Waals surface area contributed by atoms with Crippen molar-refractivity contribution in [1.29, 1.82) is 0 Å². The Morgan fingerprint density at radius 3 is 2.15 bits per heavy atom. The van der Waals surface area contributed by atoms with Gasteiger partial charge in [0.2, 0.25) is 17.7 Å². The number of rotatable bonds is 17. The minimum atomic E-state index is -3.57. The van der Waals surface area contributed by atoms with Gasteiger partial charge in [-0.1, -0.05) is 68.5 Å². The van der Waals surface area contributed by atoms with Crippen molar-refractivity contribution in [2.24, 2.45) is 5.92 Å². The summed E-state index contributed by atoms with van der Waals surface area (Å²) in [5.74, 6) is -2.95. The van der Waals surface area contributed by atoms with E-state index in [1.807, 2.05) is 30.3 Å². The maximum absolute atomic E-state index is 14.0. The number of benzene rings is 2. The number of esters is 1. The fourth-order valence-corrected chi connectivity index (χ4v) is 5.69. The molecule has 1 aromatic heterocycles. The Kier molecular flexibility index (Phi) is 15.2. The third-order valence-corrected chi connectivity index (χ3v) is 8.54. The lowest BCUT2D eigenvalue weighted by Gasteiger charge is -2.27. The zero-order chi connectivity index (χ0) is 39.3. The summed E-state index contributed by atoms with van der Waals surface area (Å²) < 4.78 is 34.4. The minimum absolute atomic E-state index is 0.00281. The van der Waals surface area contributed by atoms with Gasteiger partial charge in [-0.05, 0) is 57.2 Å². The number of nitrogens with one attached hydrogen (secondary N) is 5. The van der Waals surface area contributed by atoms with E-state index in [2.05, 4.69) is 26.3 Å². The molecule has 0 aliphatic heterocycles. The van der Waals surface area contributed by atoms with Crippen LogP contribution in [0, 0.1) is 5.92 Å². The van der Waals surface area contributed by atoms with Crippen molar-refractivity contribution < 1.29 is 41.9 Å². The summed E-state index contributed by atoms with van der Waals surface area (Å²) in [5, 5.41) is 12.5. The second-order valence-corrected chi connectivity index (χ2v) is 16.1. The molecule has 0 saturated heterocycles. The van der Waals surface area contributed by atoms with Crippen LogP contribution in [0.5, 0.6) is 0 Å². The van der Waals surface area contributed by atoms with Crippen molar-refractivity contribution >= 4 is 50.5 Å². The Labute approximate surface area is 310 Å². The number of ether oxygens (including phenoxy) is 2. The lowest BCUT2D eigenvalue weighted by Crippen LogP contribution is -2.58. The highest BCUT2D eigenvalue weighted by Gasteiger charge is 2.32. The Morgan fingerprint density at radius 1 is 0.849 bits per heavy atom. The number of aromatic amines is 1. The van der Waals surface area contributed by atoms with Crippen LogP contribution in [0.1, 0.15) is 65.5 Å². The van der Waals surface area contributed by atoms with Crippen LogP contribution in [0.3, 0.4) is 0 Å². The van der Waals surface area contributed by atoms with E-state index < -0.39 is 75.3 Å². The van der Waals surface area contributed by atoms with Crippen LogP contribution >= 0.6 is 0 Å². The first kappa shape index (κ1) is 42.2. The molecule has 1 unspecified atom stereocenters. The van der Waals surface area contributed by atoms with Crippen molar-refractivity contribution in [3.63, 3.8) is 0 Å². The number of hydrogen-bond donors (Lipinski definition) is 5. The van der Waals surface area contributed by atoms with Crippen LogP contribution in [0.25, 0.3) is 10.9 Å². The molecule has 1 heterocycles. The van der Waals surface area contributed by atoms with E-state index in [1.54, 1.807) is 65.1 Å². The van der Waals surface area contributed by atoms with Gasteiger partial charge in [0.05, 0.1) is 0 Å². The van der Waals surface area contributed by atoms with Crippen molar-refractivity contribution in [2.75, 3.05) is 6.26 Å². The molecule has 0 aliphatic rings. The number of H-pyrrole nitrogens is 1. The van der Waals surface area contributed by atoms with Crippen LogP contribution in [0.2, 0.25) is 0 Å². The normalized spacial score (nSPS) is 14.2. The topological polar surface area (TPSA) is 202 Å². The van der Waals surface area contributed by atoms with Gasteiger partial charge in [0.15, 0.2) is 9.84 Å². The summed E-state index contributed by atoms with van der Waals surface area (Å²) in [6.07, 6.45) is 3.14. The minimum Gasteiger partial charge on any atom is -0.460 e. The number of hydrogen-bond acceptors (Lipinski definition) is 9. The molecule has 15 heteroatoms. The monoisotopic (exact) mass is 753 g/mol. The highest BCUT2D eigenvalue weighted by atomic mass is 32.2. The molecule has 0 bridgehead atoms. The number of amides is 4. The highest BCUT2D eigenvalue weighted by Crippen LogP contribution is 2.20. The predicted molar refractivity (Wildman–Crippen MR) is 201 cm³/mol. The average molecular weight is 754 g/mol. The van der Waals surface area contributed by atoms with Gasteiger partial charge in [-0.25, -0.2) is 13.2 Å². The largest absolute Gasteiger partial charge is 0.460 e. The first-order chi connectivity index (χ1) is 24.8. The van der Waals surface area contributed by atoms with E-state index in [0.29, 0.717) is 0 Å². The first-order valence-corrected chi connectivity index (χ1v) is 19.3. The Bertz CT molecular complexity index is 1870. The highest BCUT2D eigenvalue weighted by molar-refractivity contribution is 7.93. The van der Waals surface area contributed by atoms with Gasteiger partial charge in [-0.15, -0.1) is 0 Å². The molecule has 3 aromatic rings. The van der Waals surface area contributed by atoms with Crippen LogP contribution in [-0.2, 0) is 51.5 Å². The summed E-state index contributed by atoms with van der Waals surface area (Å²) in [6, 6.07) is 12.2. The average Bonchev–Trinajstić information content (AvgIpc) is 3.48. The second kappa shape index (κ2) is 19.1. The third kappa shape index (κ3) is 14.8. The number of aromatic nitrogens is 1. The first-order valence-electron chi connectivity index (χ1n) is 17.3. The molecule has 288 valence electrons. The second-order valence-electron chi connectivity index (χ2n) is 14.2. The third-order valence-electron chi connectivity index (χ3n) is 7.88. The molecule has 14 nitrogen and oxygen atoms in total. The summed E-state index contributed by atoms with van der Waals surface area (Å²) in [6.45, 7) is 10.0. The zero-order valence-corrected chi connectivity index (χ0v) is 32.0. The van der Waals surface area contributed by atoms with Crippen LogP contribution in [-0.4, -0.2) is 79.2 Å². The standard InChI is InChI=1S/C38H51N5O9S/c1-24(2)33(36(47)41-28(19-20-53(7,49)50)17-18-32(44)52-38(4,5)6)43-35(46)31(21-27-22-39-30-16-12-11-15-29(27)30)42-34(45)25(3)40-37(48)51-23-26-13-9-8-10-14-26/h8-16,19-20,22,24-25,28,31,33,39H,17-18,21,23H2,1-7H3,(H,40,48)(H,41,47)(H,42,45)(H,43,46)/b20-19+/t25-,28-,31-,33?/m0/s1. The molecule has 0 fully saturated rings. The molecule has 0 radical (unpaired) electrons. The lowest BCUT2D eigenvalue weighted by atomic mass is 10.00. The molecule has 0 saturated carbocycles. The predicted octanol–water partition coefficient (Wildman–Crippen LogP) is 3.82. The van der Waals surface area contributed by atoms with Crippen LogP contribution in [0.4, 0.5) is 4.79 Å². The van der Waals surface area contributed by atoms with Crippen molar-refractivity contribution in [1.82, 2.24) is 26.3 Å². The van der Waals surface area contributed by atoms with E-state index in [9.17, 15) is 32.4 Å². The molecule has 0 aliphatic carbocycles. The van der Waals surface area contributed by atoms with Gasteiger partial charge in [-0.2, -0.15) is 0 Å². The Hall–Kier alpha value is -5.18. The van der Waals surface area contributed by atoms with Gasteiger partial charge in [0, 0.05) is 47.6 Å². The molecule has 53 heavy (non-hydrogen) atoms. The molecule has 0 spiro atoms. The fraction of sp³-hybridized carbons (Fsp3) is 0.447. The number of sulfone groups is 1. The summed E-state index contributed by atoms with van der Waals surface area (Å²) in [5.41, 5.74) is 1.58. The van der Waals surface area contributed by atoms with Crippen molar-refractivity contribution in [3.05, 3.63) is 83.4 Å². The maximum Gasteiger partial charge on any atom is 0.408 e. The van der Waals surface area contributed by atoms with Gasteiger partial charge >= 0.3 is 12.1 Å². The van der Waals surface area contributed by atoms with E-state index in [0.717, 1.165) is 33.7 Å². The van der Waals surface area contributed by atoms with Crippen molar-refractivity contribution in [2.45, 2.75) is 97.2 Å². The smallest absolute Gasteiger partial charge is 0.408 e. The van der Waals surface area contributed by atoms with Crippen molar-refractivity contribution in [3.8, 4) is 0 Å². The molecule has 5 N–H and O–H groups in total. The number of fused-ring (bicyclic) bond motifs is 1. The van der Waals surface area contributed by atoms with Crippen LogP contribution < -0.4 is 21.3 Å². The number of para-hydroxylation sites is 1. The van der Waals surface area contributed by atoms with Gasteiger partial charge in [0.25, 0.3) is 0 Å². The van der Waals surface area contributed by atoms with E-state index in [-0.39, 0.29) is 25.9 Å². The fourth-order valence-electron chi connectivity index (χ4n) is 5.21. The zero-order valence-electron chi connectivity index (χ0n) is 31.2. The Balaban J connectivity index is 1.78. The summed E-state index contributed by atoms with van der Waals surface area (Å²) in [7, 11) is -3.57. The van der Waals surface area contributed by atoms with E-state index in [4.69, 9.17) is 9.47 Å². The summed E-state index contributed by atoms with van der Waals surface area (Å²) in [4.78, 5) is 69.1. The van der Waals surface area contributed by atoms with E-state index >= 15 is 0 Å². The molecule has 4 amide bonds. The van der Waals surface area contributed by atoms with Gasteiger partial charge in [-0.3, -0.25) is 19.2 Å². The molecule has 2 aromatic carbocycles. The van der Waals surface area contributed by atoms with Crippen LogP contribution in [0.15, 0.2) is 72.3 Å². The summed E-state index contributed by atoms with van der Waals surface area (Å²) >= 11 is 0. The number of carbonyl (C=O) groups is 5. The SMILES string of the molecule is CC(C)C(NC(=O)[C@H](Cc1c[nH]c2ccccc12)NC(=O)[C@H](C)NC(=O)OCc1ccccc1)C(=O)N[C@H](/C=C/S(C)(=O)=O)CCC(=O)OC(C)(C)C. The number of alkyl carbamates (subject to hydrolysis) is 1. The molecule has 4 atom stereocenters. The maximum atomic E-state index is 14.0. The van der Waals surface area contributed by atoms with Gasteiger partial charge < -0.3 is 35.7 Å². The lowest BCUT2D eigenvalue weighted by molar-refractivity contribution is -0.155. The van der Waals surface area contributed by atoms with E-state index in [1.165, 1.54) is 13.0 Å². The quantitative estimate of drug-likeness (QED) is 0.127.